The molecule has 0 fully saturated rings. The van der Waals surface area contributed by atoms with Gasteiger partial charge in [0.05, 0.1) is 12.1 Å². The first-order valence-electron chi connectivity index (χ1n) is 7.43. The molecule has 1 rings (SSSR count). The van der Waals surface area contributed by atoms with Crippen molar-refractivity contribution in [1.82, 2.24) is 5.43 Å². The Bertz CT molecular complexity index is 423. The molecular formula is C17H30N2O. The second-order valence-electron chi connectivity index (χ2n) is 6.65. The summed E-state index contributed by atoms with van der Waals surface area (Å²) in [4.78, 5) is 0. The van der Waals surface area contributed by atoms with Gasteiger partial charge in [0.2, 0.25) is 0 Å². The van der Waals surface area contributed by atoms with Gasteiger partial charge in [0, 0.05) is 6.61 Å². The smallest absolute Gasteiger partial charge is 0.0792 e. The van der Waals surface area contributed by atoms with Gasteiger partial charge >= 0.3 is 0 Å². The van der Waals surface area contributed by atoms with E-state index >= 15 is 0 Å². The molecule has 0 aliphatic heterocycles. The highest BCUT2D eigenvalue weighted by molar-refractivity contribution is 5.31. The predicted octanol–water partition coefficient (Wildman–Crippen LogP) is 3.13. The van der Waals surface area contributed by atoms with Crippen LogP contribution in [0.4, 0.5) is 0 Å². The maximum absolute atomic E-state index is 5.96. The molecule has 3 heteroatoms. The van der Waals surface area contributed by atoms with Gasteiger partial charge in [0.15, 0.2) is 0 Å². The molecule has 114 valence electrons. The Hall–Kier alpha value is -0.900. The topological polar surface area (TPSA) is 47.3 Å². The SMILES string of the molecule is CCOC(C(Cc1cc(C)ccc1C)NN)C(C)(C)C. The van der Waals surface area contributed by atoms with E-state index in [0.717, 1.165) is 6.42 Å². The van der Waals surface area contributed by atoms with Crippen LogP contribution in [0.15, 0.2) is 18.2 Å². The molecule has 3 nitrogen and oxygen atoms in total. The first kappa shape index (κ1) is 17.2. The minimum Gasteiger partial charge on any atom is -0.376 e. The first-order chi connectivity index (χ1) is 9.29. The van der Waals surface area contributed by atoms with Crippen LogP contribution in [0.25, 0.3) is 0 Å². The van der Waals surface area contributed by atoms with Gasteiger partial charge in [0.25, 0.3) is 0 Å². The molecule has 2 atom stereocenters. The van der Waals surface area contributed by atoms with Crippen molar-refractivity contribution in [3.63, 3.8) is 0 Å². The Balaban J connectivity index is 2.97. The van der Waals surface area contributed by atoms with Crippen LogP contribution in [0.5, 0.6) is 0 Å². The first-order valence-corrected chi connectivity index (χ1v) is 7.43. The predicted molar refractivity (Wildman–Crippen MR) is 85.6 cm³/mol. The van der Waals surface area contributed by atoms with Crippen LogP contribution in [-0.4, -0.2) is 18.8 Å². The number of hydrogen-bond acceptors (Lipinski definition) is 3. The summed E-state index contributed by atoms with van der Waals surface area (Å²) in [7, 11) is 0. The Morgan fingerprint density at radius 3 is 2.40 bits per heavy atom. The van der Waals surface area contributed by atoms with Gasteiger partial charge in [-0.2, -0.15) is 0 Å². The molecule has 0 bridgehead atoms. The molecule has 0 saturated carbocycles. The standard InChI is InChI=1S/C17H30N2O/c1-7-20-16(17(4,5)6)15(19-18)11-14-10-12(2)8-9-13(14)3/h8-10,15-16,19H,7,11,18H2,1-6H3. The highest BCUT2D eigenvalue weighted by Crippen LogP contribution is 2.27. The van der Waals surface area contributed by atoms with Crippen molar-refractivity contribution in [2.75, 3.05) is 6.61 Å². The summed E-state index contributed by atoms with van der Waals surface area (Å²) < 4.78 is 5.96. The van der Waals surface area contributed by atoms with E-state index in [1.165, 1.54) is 16.7 Å². The second-order valence-corrected chi connectivity index (χ2v) is 6.65. The monoisotopic (exact) mass is 278 g/mol. The van der Waals surface area contributed by atoms with Crippen LogP contribution >= 0.6 is 0 Å². The van der Waals surface area contributed by atoms with E-state index in [1.807, 2.05) is 6.92 Å². The third kappa shape index (κ3) is 4.58. The summed E-state index contributed by atoms with van der Waals surface area (Å²) in [6.45, 7) is 13.6. The van der Waals surface area contributed by atoms with E-state index in [2.05, 4.69) is 58.2 Å². The number of hydrogen-bond donors (Lipinski definition) is 2. The minimum absolute atomic E-state index is 0.0464. The molecular weight excluding hydrogens is 248 g/mol. The van der Waals surface area contributed by atoms with Crippen LogP contribution in [-0.2, 0) is 11.2 Å². The molecule has 0 heterocycles. The number of nitrogens with one attached hydrogen (secondary N) is 1. The van der Waals surface area contributed by atoms with Gasteiger partial charge in [-0.25, -0.2) is 0 Å². The molecule has 0 aromatic heterocycles. The van der Waals surface area contributed by atoms with Crippen LogP contribution in [0.3, 0.4) is 0 Å². The molecule has 3 N–H and O–H groups in total. The van der Waals surface area contributed by atoms with E-state index in [1.54, 1.807) is 0 Å². The molecule has 0 spiro atoms. The van der Waals surface area contributed by atoms with E-state index in [0.29, 0.717) is 6.61 Å². The maximum Gasteiger partial charge on any atom is 0.0792 e. The number of benzene rings is 1. The van der Waals surface area contributed by atoms with Crippen molar-refractivity contribution in [1.29, 1.82) is 0 Å². The Morgan fingerprint density at radius 2 is 1.90 bits per heavy atom. The van der Waals surface area contributed by atoms with Gasteiger partial charge in [-0.05, 0) is 43.7 Å². The molecule has 0 aliphatic carbocycles. The average molecular weight is 278 g/mol. The fourth-order valence-electron chi connectivity index (χ4n) is 2.66. The van der Waals surface area contributed by atoms with E-state index in [-0.39, 0.29) is 17.6 Å². The van der Waals surface area contributed by atoms with Crippen molar-refractivity contribution in [3.05, 3.63) is 34.9 Å². The van der Waals surface area contributed by atoms with E-state index < -0.39 is 0 Å². The third-order valence-electron chi connectivity index (χ3n) is 3.72. The van der Waals surface area contributed by atoms with Crippen LogP contribution < -0.4 is 11.3 Å². The van der Waals surface area contributed by atoms with Crippen molar-refractivity contribution in [3.8, 4) is 0 Å². The fraction of sp³-hybridized carbons (Fsp3) is 0.647. The molecule has 1 aromatic rings. The van der Waals surface area contributed by atoms with Gasteiger partial charge in [-0.1, -0.05) is 44.5 Å². The second kappa shape index (κ2) is 7.21. The normalized spacial score (nSPS) is 15.2. The van der Waals surface area contributed by atoms with Crippen LogP contribution in [0, 0.1) is 19.3 Å². The lowest BCUT2D eigenvalue weighted by Gasteiger charge is -2.36. The van der Waals surface area contributed by atoms with Gasteiger partial charge in [-0.3, -0.25) is 11.3 Å². The van der Waals surface area contributed by atoms with Crippen molar-refractivity contribution < 1.29 is 4.74 Å². The van der Waals surface area contributed by atoms with E-state index in [4.69, 9.17) is 10.6 Å². The lowest BCUT2D eigenvalue weighted by atomic mass is 9.82. The largest absolute Gasteiger partial charge is 0.376 e. The fourth-order valence-corrected chi connectivity index (χ4v) is 2.66. The molecule has 0 aliphatic rings. The number of rotatable bonds is 6. The zero-order valence-electron chi connectivity index (χ0n) is 13.8. The maximum atomic E-state index is 5.96. The van der Waals surface area contributed by atoms with Gasteiger partial charge in [0.1, 0.15) is 0 Å². The number of hydrazine groups is 1. The van der Waals surface area contributed by atoms with Crippen LogP contribution in [0.1, 0.15) is 44.4 Å². The van der Waals surface area contributed by atoms with Gasteiger partial charge in [-0.15, -0.1) is 0 Å². The van der Waals surface area contributed by atoms with Crippen molar-refractivity contribution in [2.45, 2.75) is 60.1 Å². The summed E-state index contributed by atoms with van der Waals surface area (Å²) in [6, 6.07) is 6.67. The summed E-state index contributed by atoms with van der Waals surface area (Å²) in [5.74, 6) is 5.81. The zero-order chi connectivity index (χ0) is 15.3. The van der Waals surface area contributed by atoms with E-state index in [9.17, 15) is 0 Å². The highest BCUT2D eigenvalue weighted by Gasteiger charge is 2.32. The lowest BCUT2D eigenvalue weighted by Crippen LogP contribution is -2.52. The number of nitrogens with two attached hydrogens (primary N) is 1. The molecule has 0 saturated heterocycles. The quantitative estimate of drug-likeness (QED) is 0.621. The number of ether oxygens (including phenoxy) is 1. The van der Waals surface area contributed by atoms with Crippen molar-refractivity contribution >= 4 is 0 Å². The average Bonchev–Trinajstić information content (AvgIpc) is 2.36. The van der Waals surface area contributed by atoms with Crippen molar-refractivity contribution in [2.24, 2.45) is 11.3 Å². The summed E-state index contributed by atoms with van der Waals surface area (Å²) in [5, 5.41) is 0. The molecule has 20 heavy (non-hydrogen) atoms. The minimum atomic E-state index is 0.0464. The Kier molecular flexibility index (Phi) is 6.18. The molecule has 2 unspecified atom stereocenters. The van der Waals surface area contributed by atoms with Crippen LogP contribution in [0.2, 0.25) is 0 Å². The Morgan fingerprint density at radius 1 is 1.25 bits per heavy atom. The molecule has 0 radical (unpaired) electrons. The Labute approximate surface area is 123 Å². The summed E-state index contributed by atoms with van der Waals surface area (Å²) in [5.41, 5.74) is 6.93. The zero-order valence-corrected chi connectivity index (χ0v) is 13.8. The summed E-state index contributed by atoms with van der Waals surface area (Å²) >= 11 is 0. The molecule has 0 amide bonds. The number of aryl methyl sites for hydroxylation is 2. The third-order valence-corrected chi connectivity index (χ3v) is 3.72. The lowest BCUT2D eigenvalue weighted by molar-refractivity contribution is -0.0356. The highest BCUT2D eigenvalue weighted by atomic mass is 16.5. The summed E-state index contributed by atoms with van der Waals surface area (Å²) in [6.07, 6.45) is 0.962. The molecule has 1 aromatic carbocycles. The van der Waals surface area contributed by atoms with Gasteiger partial charge < -0.3 is 4.74 Å².